The van der Waals surface area contributed by atoms with Crippen molar-refractivity contribution in [1.82, 2.24) is 9.97 Å². The van der Waals surface area contributed by atoms with Crippen LogP contribution in [0, 0.1) is 13.8 Å². The monoisotopic (exact) mass is 206 g/mol. The molecule has 4 heteroatoms. The molecule has 0 aliphatic heterocycles. The van der Waals surface area contributed by atoms with E-state index in [2.05, 4.69) is 9.97 Å². The van der Waals surface area contributed by atoms with Crippen LogP contribution in [-0.4, -0.2) is 9.97 Å². The van der Waals surface area contributed by atoms with Crippen molar-refractivity contribution in [2.45, 2.75) is 13.8 Å². The first-order chi connectivity index (χ1) is 6.68. The normalized spacial score (nSPS) is 10.4. The maximum atomic E-state index is 11.3. The van der Waals surface area contributed by atoms with Gasteiger partial charge in [0, 0.05) is 21.4 Å². The van der Waals surface area contributed by atoms with E-state index in [9.17, 15) is 4.79 Å². The molecule has 0 aromatic carbocycles. The second-order valence-corrected chi connectivity index (χ2v) is 4.27. The van der Waals surface area contributed by atoms with Crippen LogP contribution in [0.25, 0.3) is 11.3 Å². The van der Waals surface area contributed by atoms with Gasteiger partial charge in [0.1, 0.15) is 0 Å². The number of hydrogen-bond acceptors (Lipinski definition) is 3. The number of nitrogens with one attached hydrogen (secondary N) is 1. The topological polar surface area (TPSA) is 45.8 Å². The summed E-state index contributed by atoms with van der Waals surface area (Å²) >= 11 is 1.66. The molecule has 0 aliphatic carbocycles. The molecule has 0 atom stereocenters. The van der Waals surface area contributed by atoms with E-state index in [1.807, 2.05) is 18.4 Å². The van der Waals surface area contributed by atoms with Crippen LogP contribution in [0.15, 0.2) is 22.6 Å². The van der Waals surface area contributed by atoms with Crippen molar-refractivity contribution in [3.05, 3.63) is 38.6 Å². The second kappa shape index (κ2) is 3.38. The first-order valence-corrected chi connectivity index (χ1v) is 5.16. The molecule has 2 aromatic rings. The molecule has 2 rings (SSSR count). The van der Waals surface area contributed by atoms with Gasteiger partial charge in [-0.25, -0.2) is 4.98 Å². The summed E-state index contributed by atoms with van der Waals surface area (Å²) in [6, 6.07) is 2.04. The van der Waals surface area contributed by atoms with Crippen molar-refractivity contribution in [3.8, 4) is 11.3 Å². The van der Waals surface area contributed by atoms with Crippen molar-refractivity contribution < 1.29 is 0 Å². The highest BCUT2D eigenvalue weighted by Crippen LogP contribution is 2.23. The lowest BCUT2D eigenvalue weighted by Gasteiger charge is -1.99. The molecule has 72 valence electrons. The highest BCUT2D eigenvalue weighted by Gasteiger charge is 2.07. The highest BCUT2D eigenvalue weighted by atomic mass is 32.1. The molecule has 0 unspecified atom stereocenters. The van der Waals surface area contributed by atoms with Crippen molar-refractivity contribution in [3.63, 3.8) is 0 Å². The molecule has 0 saturated carbocycles. The van der Waals surface area contributed by atoms with Crippen LogP contribution < -0.4 is 5.56 Å². The molecule has 1 N–H and O–H groups in total. The summed E-state index contributed by atoms with van der Waals surface area (Å²) < 4.78 is 0. The fourth-order valence-corrected chi connectivity index (χ4v) is 2.01. The third kappa shape index (κ3) is 1.48. The Hall–Kier alpha value is -1.42. The Morgan fingerprint density at radius 3 is 2.86 bits per heavy atom. The Labute approximate surface area is 85.5 Å². The summed E-state index contributed by atoms with van der Waals surface area (Å²) in [5.41, 5.74) is 2.40. The number of hydrogen-bond donors (Lipinski definition) is 1. The lowest BCUT2D eigenvalue weighted by molar-refractivity contribution is 1.08. The quantitative estimate of drug-likeness (QED) is 0.776. The van der Waals surface area contributed by atoms with Crippen LogP contribution in [0.1, 0.15) is 10.4 Å². The number of aromatic amines is 1. The Kier molecular flexibility index (Phi) is 2.21. The van der Waals surface area contributed by atoms with Gasteiger partial charge < -0.3 is 4.98 Å². The first-order valence-electron chi connectivity index (χ1n) is 4.28. The van der Waals surface area contributed by atoms with E-state index in [0.29, 0.717) is 5.56 Å². The largest absolute Gasteiger partial charge is 0.313 e. The number of thiophene rings is 1. The van der Waals surface area contributed by atoms with Gasteiger partial charge in [0.05, 0.1) is 12.0 Å². The van der Waals surface area contributed by atoms with E-state index in [-0.39, 0.29) is 5.56 Å². The number of nitrogens with zero attached hydrogens (tertiary/aromatic N) is 1. The molecular weight excluding hydrogens is 196 g/mol. The maximum Gasteiger partial charge on any atom is 0.254 e. The molecular formula is C10H10N2OS. The maximum absolute atomic E-state index is 11.3. The van der Waals surface area contributed by atoms with E-state index >= 15 is 0 Å². The van der Waals surface area contributed by atoms with Gasteiger partial charge in [-0.1, -0.05) is 0 Å². The van der Waals surface area contributed by atoms with Crippen molar-refractivity contribution >= 4 is 11.3 Å². The average Bonchev–Trinajstić information content (AvgIpc) is 2.57. The summed E-state index contributed by atoms with van der Waals surface area (Å²) in [6.45, 7) is 3.82. The molecule has 0 saturated heterocycles. The predicted molar refractivity (Wildman–Crippen MR) is 57.6 cm³/mol. The number of aryl methyl sites for hydroxylation is 1. The Balaban J connectivity index is 2.63. The van der Waals surface area contributed by atoms with Gasteiger partial charge in [-0.2, -0.15) is 0 Å². The number of rotatable bonds is 1. The van der Waals surface area contributed by atoms with Gasteiger partial charge in [0.25, 0.3) is 5.56 Å². The van der Waals surface area contributed by atoms with E-state index in [4.69, 9.17) is 0 Å². The van der Waals surface area contributed by atoms with E-state index in [0.717, 1.165) is 11.3 Å². The molecule has 2 heterocycles. The summed E-state index contributed by atoms with van der Waals surface area (Å²) in [7, 11) is 0. The van der Waals surface area contributed by atoms with Gasteiger partial charge >= 0.3 is 0 Å². The second-order valence-electron chi connectivity index (χ2n) is 3.15. The summed E-state index contributed by atoms with van der Waals surface area (Å²) in [6.07, 6.45) is 1.44. The van der Waals surface area contributed by atoms with Crippen LogP contribution >= 0.6 is 11.3 Å². The van der Waals surface area contributed by atoms with Gasteiger partial charge in [0.2, 0.25) is 0 Å². The Morgan fingerprint density at radius 1 is 1.43 bits per heavy atom. The fraction of sp³-hybridized carbons (Fsp3) is 0.200. The third-order valence-corrected chi connectivity index (χ3v) is 2.95. The third-order valence-electron chi connectivity index (χ3n) is 2.09. The highest BCUT2D eigenvalue weighted by molar-refractivity contribution is 7.10. The fourth-order valence-electron chi connectivity index (χ4n) is 1.33. The van der Waals surface area contributed by atoms with Gasteiger partial charge in [-0.05, 0) is 19.9 Å². The van der Waals surface area contributed by atoms with Crippen molar-refractivity contribution in [1.29, 1.82) is 0 Å². The Morgan fingerprint density at radius 2 is 2.21 bits per heavy atom. The van der Waals surface area contributed by atoms with Gasteiger partial charge in [-0.3, -0.25) is 4.79 Å². The lowest BCUT2D eigenvalue weighted by atomic mass is 10.1. The van der Waals surface area contributed by atoms with Crippen molar-refractivity contribution in [2.75, 3.05) is 0 Å². The first kappa shape index (κ1) is 9.15. The molecule has 0 radical (unpaired) electrons. The smallest absolute Gasteiger partial charge is 0.254 e. The van der Waals surface area contributed by atoms with Gasteiger partial charge in [-0.15, -0.1) is 11.3 Å². The SMILES string of the molecule is Cc1cc(-c2nc[nH]c(=O)c2C)cs1. The summed E-state index contributed by atoms with van der Waals surface area (Å²) in [5.74, 6) is 0. The molecule has 2 aromatic heterocycles. The molecule has 0 bridgehead atoms. The van der Waals surface area contributed by atoms with E-state index in [1.54, 1.807) is 18.3 Å². The average molecular weight is 206 g/mol. The van der Waals surface area contributed by atoms with Crippen molar-refractivity contribution in [2.24, 2.45) is 0 Å². The molecule has 14 heavy (non-hydrogen) atoms. The van der Waals surface area contributed by atoms with Crippen LogP contribution in [0.3, 0.4) is 0 Å². The standard InChI is InChI=1S/C10H10N2OS/c1-6-3-8(4-14-6)9-7(2)10(13)12-5-11-9/h3-5H,1-2H3,(H,11,12,13). The number of aromatic nitrogens is 2. The van der Waals surface area contributed by atoms with Crippen LogP contribution in [0.4, 0.5) is 0 Å². The van der Waals surface area contributed by atoms with Crippen LogP contribution in [-0.2, 0) is 0 Å². The molecule has 3 nitrogen and oxygen atoms in total. The zero-order valence-electron chi connectivity index (χ0n) is 8.00. The van der Waals surface area contributed by atoms with Gasteiger partial charge in [0.15, 0.2) is 0 Å². The summed E-state index contributed by atoms with van der Waals surface area (Å²) in [5, 5.41) is 2.02. The molecule has 0 spiro atoms. The van der Waals surface area contributed by atoms with E-state index in [1.165, 1.54) is 11.2 Å². The number of H-pyrrole nitrogens is 1. The zero-order valence-corrected chi connectivity index (χ0v) is 8.81. The van der Waals surface area contributed by atoms with Crippen LogP contribution in [0.2, 0.25) is 0 Å². The van der Waals surface area contributed by atoms with E-state index < -0.39 is 0 Å². The lowest BCUT2D eigenvalue weighted by Crippen LogP contribution is -2.10. The Bertz CT molecular complexity index is 513. The minimum absolute atomic E-state index is 0.0705. The molecule has 0 fully saturated rings. The van der Waals surface area contributed by atoms with Crippen LogP contribution in [0.5, 0.6) is 0 Å². The molecule has 0 amide bonds. The predicted octanol–water partition coefficient (Wildman–Crippen LogP) is 2.12. The molecule has 0 aliphatic rings. The zero-order chi connectivity index (χ0) is 10.1. The minimum atomic E-state index is -0.0705. The summed E-state index contributed by atoms with van der Waals surface area (Å²) in [4.78, 5) is 19.3. The minimum Gasteiger partial charge on any atom is -0.313 e.